The number of esters is 3. The van der Waals surface area contributed by atoms with Crippen LogP contribution in [-0.2, 0) is 28.6 Å². The lowest BCUT2D eigenvalue weighted by Crippen LogP contribution is -2.36. The first-order chi connectivity index (χ1) is 15.6. The molecule has 3 aliphatic rings. The smallest absolute Gasteiger partial charge is 0.334 e. The van der Waals surface area contributed by atoms with Gasteiger partial charge in [0, 0.05) is 29.1 Å². The molecule has 0 amide bonds. The lowest BCUT2D eigenvalue weighted by atomic mass is 9.81. The Morgan fingerprint density at radius 3 is 2.18 bits per heavy atom. The highest BCUT2D eigenvalue weighted by Gasteiger charge is 2.57. The molecule has 1 saturated heterocycles. The highest BCUT2D eigenvalue weighted by atomic mass is 16.6. The molecule has 178 valence electrons. The van der Waals surface area contributed by atoms with E-state index in [1.165, 1.54) is 19.1 Å². The third kappa shape index (κ3) is 4.72. The lowest BCUT2D eigenvalue weighted by Gasteiger charge is -2.28. The molecule has 6 atom stereocenters. The van der Waals surface area contributed by atoms with Gasteiger partial charge >= 0.3 is 17.9 Å². The van der Waals surface area contributed by atoms with Crippen LogP contribution < -0.4 is 0 Å². The van der Waals surface area contributed by atoms with Crippen molar-refractivity contribution in [2.45, 2.75) is 45.0 Å². The van der Waals surface area contributed by atoms with Crippen molar-refractivity contribution >= 4 is 17.9 Å². The Kier molecular flexibility index (Phi) is 7.39. The second-order valence-corrected chi connectivity index (χ2v) is 8.70. The summed E-state index contributed by atoms with van der Waals surface area (Å²) in [5.41, 5.74) is 2.13. The summed E-state index contributed by atoms with van der Waals surface area (Å²) in [5, 5.41) is 18.1. The topological polar surface area (TPSA) is 119 Å². The summed E-state index contributed by atoms with van der Waals surface area (Å²) in [6.45, 7) is 14.7. The highest BCUT2D eigenvalue weighted by Crippen LogP contribution is 2.53. The maximum absolute atomic E-state index is 12.5. The largest absolute Gasteiger partial charge is 0.458 e. The number of fused-ring (bicyclic) bond motifs is 3. The number of aliphatic hydroxyl groups excluding tert-OH is 2. The fourth-order valence-corrected chi connectivity index (χ4v) is 4.87. The summed E-state index contributed by atoms with van der Waals surface area (Å²) in [6.07, 6.45) is 1.41. The molecule has 8 nitrogen and oxygen atoms in total. The van der Waals surface area contributed by atoms with E-state index in [0.29, 0.717) is 12.0 Å². The van der Waals surface area contributed by atoms with Crippen LogP contribution in [0.3, 0.4) is 0 Å². The van der Waals surface area contributed by atoms with Gasteiger partial charge in [0.25, 0.3) is 0 Å². The van der Waals surface area contributed by atoms with E-state index in [4.69, 9.17) is 24.4 Å². The monoisotopic (exact) mass is 458 g/mol. The molecule has 2 aliphatic carbocycles. The first-order valence-electron chi connectivity index (χ1n) is 10.8. The minimum absolute atomic E-state index is 0.193. The Balaban J connectivity index is 1.88. The lowest BCUT2D eigenvalue weighted by molar-refractivity contribution is -0.149. The van der Waals surface area contributed by atoms with Crippen LogP contribution in [0.25, 0.3) is 0 Å². The van der Waals surface area contributed by atoms with E-state index in [1.54, 1.807) is 6.92 Å². The molecule has 0 bridgehead atoms. The molecule has 3 rings (SSSR count). The van der Waals surface area contributed by atoms with Gasteiger partial charge in [-0.2, -0.15) is 0 Å². The van der Waals surface area contributed by atoms with Gasteiger partial charge in [0.15, 0.2) is 0 Å². The minimum Gasteiger partial charge on any atom is -0.458 e. The molecule has 0 aromatic heterocycles. The van der Waals surface area contributed by atoms with Crippen LogP contribution in [0.5, 0.6) is 0 Å². The quantitative estimate of drug-likeness (QED) is 0.268. The van der Waals surface area contributed by atoms with Gasteiger partial charge in [0.1, 0.15) is 18.3 Å². The van der Waals surface area contributed by atoms with Gasteiger partial charge in [-0.1, -0.05) is 25.3 Å². The van der Waals surface area contributed by atoms with E-state index in [1.807, 2.05) is 0 Å². The van der Waals surface area contributed by atoms with E-state index in [2.05, 4.69) is 19.7 Å². The molecule has 6 unspecified atom stereocenters. The van der Waals surface area contributed by atoms with Crippen molar-refractivity contribution in [2.24, 2.45) is 17.8 Å². The van der Waals surface area contributed by atoms with E-state index < -0.39 is 42.1 Å². The van der Waals surface area contributed by atoms with Crippen molar-refractivity contribution in [1.29, 1.82) is 0 Å². The molecule has 0 radical (unpaired) electrons. The molecule has 3 fully saturated rings. The number of hydrogen-bond donors (Lipinski definition) is 2. The van der Waals surface area contributed by atoms with E-state index >= 15 is 0 Å². The Morgan fingerprint density at radius 2 is 1.61 bits per heavy atom. The third-order valence-electron chi connectivity index (χ3n) is 6.69. The Labute approximate surface area is 192 Å². The van der Waals surface area contributed by atoms with Crippen LogP contribution in [0.1, 0.15) is 26.7 Å². The predicted molar refractivity (Wildman–Crippen MR) is 118 cm³/mol. The van der Waals surface area contributed by atoms with Crippen LogP contribution in [0.15, 0.2) is 59.8 Å². The molecule has 0 aromatic rings. The molecule has 2 N–H and O–H groups in total. The molecule has 0 aromatic carbocycles. The summed E-state index contributed by atoms with van der Waals surface area (Å²) < 4.78 is 17.0. The SMILES string of the molecule is C=C1CC(OC(=O)C(C)=CCO)C2C(=C)C(=O)OC2C2C(=C)C(OC(=O)C(C)=CCO)CC12. The fourth-order valence-electron chi connectivity index (χ4n) is 4.87. The molecule has 1 heterocycles. The van der Waals surface area contributed by atoms with Crippen LogP contribution in [0, 0.1) is 17.8 Å². The van der Waals surface area contributed by atoms with Crippen LogP contribution in [-0.4, -0.2) is 59.6 Å². The third-order valence-corrected chi connectivity index (χ3v) is 6.69. The maximum Gasteiger partial charge on any atom is 0.334 e. The summed E-state index contributed by atoms with van der Waals surface area (Å²) in [7, 11) is 0. The van der Waals surface area contributed by atoms with Gasteiger partial charge in [0.2, 0.25) is 0 Å². The highest BCUT2D eigenvalue weighted by molar-refractivity contribution is 5.92. The first kappa shape index (κ1) is 24.7. The Morgan fingerprint density at radius 1 is 1.03 bits per heavy atom. The number of hydrogen-bond acceptors (Lipinski definition) is 8. The van der Waals surface area contributed by atoms with Gasteiger partial charge in [-0.15, -0.1) is 0 Å². The summed E-state index contributed by atoms with van der Waals surface area (Å²) >= 11 is 0. The van der Waals surface area contributed by atoms with Crippen LogP contribution in [0.2, 0.25) is 0 Å². The molecule has 1 aliphatic heterocycles. The molecule has 33 heavy (non-hydrogen) atoms. The van der Waals surface area contributed by atoms with E-state index in [0.717, 1.165) is 5.57 Å². The van der Waals surface area contributed by atoms with Crippen molar-refractivity contribution < 1.29 is 38.8 Å². The molecule has 8 heteroatoms. The molecule has 0 spiro atoms. The van der Waals surface area contributed by atoms with Crippen molar-refractivity contribution in [2.75, 3.05) is 13.2 Å². The number of rotatable bonds is 6. The average Bonchev–Trinajstić information content (AvgIpc) is 3.19. The first-order valence-corrected chi connectivity index (χ1v) is 10.8. The van der Waals surface area contributed by atoms with Crippen molar-refractivity contribution in [3.8, 4) is 0 Å². The van der Waals surface area contributed by atoms with Gasteiger partial charge in [-0.05, 0) is 43.9 Å². The summed E-state index contributed by atoms with van der Waals surface area (Å²) in [6, 6.07) is 0. The van der Waals surface area contributed by atoms with Gasteiger partial charge < -0.3 is 24.4 Å². The second-order valence-electron chi connectivity index (χ2n) is 8.70. The normalized spacial score (nSPS) is 32.1. The fraction of sp³-hybridized carbons (Fsp3) is 0.480. The van der Waals surface area contributed by atoms with Gasteiger partial charge in [-0.25, -0.2) is 14.4 Å². The summed E-state index contributed by atoms with van der Waals surface area (Å²) in [5.74, 6) is -2.88. The molecular formula is C25H30O8. The van der Waals surface area contributed by atoms with E-state index in [9.17, 15) is 14.4 Å². The number of aliphatic hydroxyl groups is 2. The van der Waals surface area contributed by atoms with Crippen molar-refractivity contribution in [3.05, 3.63) is 59.8 Å². The number of carbonyl (C=O) groups excluding carboxylic acids is 3. The van der Waals surface area contributed by atoms with Gasteiger partial charge in [-0.3, -0.25) is 0 Å². The second kappa shape index (κ2) is 9.89. The van der Waals surface area contributed by atoms with E-state index in [-0.39, 0.29) is 48.2 Å². The average molecular weight is 459 g/mol. The zero-order chi connectivity index (χ0) is 24.4. The van der Waals surface area contributed by atoms with Crippen molar-refractivity contribution in [3.63, 3.8) is 0 Å². The Bertz CT molecular complexity index is 955. The number of carbonyl (C=O) groups is 3. The molecular weight excluding hydrogens is 428 g/mol. The summed E-state index contributed by atoms with van der Waals surface area (Å²) in [4.78, 5) is 37.3. The van der Waals surface area contributed by atoms with Crippen molar-refractivity contribution in [1.82, 2.24) is 0 Å². The Hall–Kier alpha value is -2.97. The zero-order valence-electron chi connectivity index (χ0n) is 18.9. The maximum atomic E-state index is 12.5. The zero-order valence-corrected chi connectivity index (χ0v) is 18.9. The minimum atomic E-state index is -0.717. The van der Waals surface area contributed by atoms with Crippen LogP contribution >= 0.6 is 0 Å². The molecule has 2 saturated carbocycles. The standard InChI is InChI=1S/C25H30O8/c1-12(6-8-26)23(28)31-18-11-17-14(3)10-19(32-24(29)13(2)7-9-27)21-16(5)25(30)33-22(21)20(17)15(18)4/h6-7,17-22,26-27H,3-5,8-11H2,1-2H3. The van der Waals surface area contributed by atoms with Crippen LogP contribution in [0.4, 0.5) is 0 Å². The predicted octanol–water partition coefficient (Wildman–Crippen LogP) is 1.94. The van der Waals surface area contributed by atoms with Gasteiger partial charge in [0.05, 0.1) is 19.1 Å². The number of ether oxygens (including phenoxy) is 3.